The van der Waals surface area contributed by atoms with Crippen LogP contribution in [0, 0.1) is 0 Å². The third-order valence-electron chi connectivity index (χ3n) is 5.18. The van der Waals surface area contributed by atoms with Gasteiger partial charge in [0.2, 0.25) is 0 Å². The SMILES string of the molecule is CCCNC(C)(C)C(C)(C)N1CCN(C(C)C)CC1. The molecule has 0 aromatic carbocycles. The van der Waals surface area contributed by atoms with Gasteiger partial charge in [-0.05, 0) is 54.5 Å². The Balaban J connectivity index is 2.63. The normalized spacial score (nSPS) is 20.2. The van der Waals surface area contributed by atoms with Gasteiger partial charge in [-0.2, -0.15) is 0 Å². The van der Waals surface area contributed by atoms with Crippen molar-refractivity contribution in [3.05, 3.63) is 0 Å². The van der Waals surface area contributed by atoms with Crippen molar-refractivity contribution in [3.8, 4) is 0 Å². The van der Waals surface area contributed by atoms with Gasteiger partial charge in [0, 0.05) is 43.3 Å². The summed E-state index contributed by atoms with van der Waals surface area (Å²) in [5, 5.41) is 3.72. The lowest BCUT2D eigenvalue weighted by atomic mass is 9.80. The Morgan fingerprint density at radius 2 is 1.53 bits per heavy atom. The molecule has 1 fully saturated rings. The van der Waals surface area contributed by atoms with Gasteiger partial charge < -0.3 is 5.32 Å². The predicted octanol–water partition coefficient (Wildman–Crippen LogP) is 2.57. The third-order valence-corrected chi connectivity index (χ3v) is 5.18. The molecule has 0 aromatic heterocycles. The molecule has 0 aromatic rings. The molecule has 1 heterocycles. The molecule has 1 aliphatic rings. The van der Waals surface area contributed by atoms with Gasteiger partial charge in [0.05, 0.1) is 0 Å². The maximum atomic E-state index is 3.72. The van der Waals surface area contributed by atoms with Crippen LogP contribution in [0.3, 0.4) is 0 Å². The van der Waals surface area contributed by atoms with Crippen molar-refractivity contribution in [2.45, 2.75) is 72.0 Å². The number of rotatable bonds is 6. The number of piperazine rings is 1. The Morgan fingerprint density at radius 3 is 1.95 bits per heavy atom. The van der Waals surface area contributed by atoms with Crippen LogP contribution in [0.1, 0.15) is 54.9 Å². The second-order valence-electron chi connectivity index (χ2n) is 7.23. The number of hydrogen-bond acceptors (Lipinski definition) is 3. The lowest BCUT2D eigenvalue weighted by Crippen LogP contribution is -2.67. The molecule has 0 atom stereocenters. The van der Waals surface area contributed by atoms with Gasteiger partial charge in [-0.25, -0.2) is 0 Å². The first-order valence-corrected chi connectivity index (χ1v) is 7.96. The Labute approximate surface area is 120 Å². The van der Waals surface area contributed by atoms with Crippen LogP contribution in [0.5, 0.6) is 0 Å². The summed E-state index contributed by atoms with van der Waals surface area (Å²) in [5.41, 5.74) is 0.328. The minimum absolute atomic E-state index is 0.142. The third kappa shape index (κ3) is 3.93. The largest absolute Gasteiger partial charge is 0.310 e. The van der Waals surface area contributed by atoms with Crippen LogP contribution in [-0.4, -0.2) is 59.6 Å². The monoisotopic (exact) mass is 269 g/mol. The summed E-state index contributed by atoms with van der Waals surface area (Å²) >= 11 is 0. The second-order valence-corrected chi connectivity index (χ2v) is 7.23. The maximum absolute atomic E-state index is 3.72. The summed E-state index contributed by atoms with van der Waals surface area (Å²) in [7, 11) is 0. The van der Waals surface area contributed by atoms with Crippen LogP contribution in [-0.2, 0) is 0 Å². The van der Waals surface area contributed by atoms with E-state index in [1.807, 2.05) is 0 Å². The van der Waals surface area contributed by atoms with E-state index in [0.717, 1.165) is 6.54 Å². The lowest BCUT2D eigenvalue weighted by molar-refractivity contribution is -0.00525. The first-order valence-electron chi connectivity index (χ1n) is 7.96. The Hall–Kier alpha value is -0.120. The van der Waals surface area contributed by atoms with Crippen molar-refractivity contribution in [2.75, 3.05) is 32.7 Å². The average Bonchev–Trinajstić information content (AvgIpc) is 2.36. The summed E-state index contributed by atoms with van der Waals surface area (Å²) < 4.78 is 0. The highest BCUT2D eigenvalue weighted by Crippen LogP contribution is 2.29. The molecule has 1 N–H and O–H groups in total. The van der Waals surface area contributed by atoms with E-state index >= 15 is 0 Å². The highest BCUT2D eigenvalue weighted by molar-refractivity contribution is 5.02. The summed E-state index contributed by atoms with van der Waals surface area (Å²) in [6.07, 6.45) is 1.20. The quantitative estimate of drug-likeness (QED) is 0.799. The van der Waals surface area contributed by atoms with Crippen LogP contribution in [0.4, 0.5) is 0 Å². The molecule has 0 amide bonds. The zero-order valence-corrected chi connectivity index (χ0v) is 14.2. The molecular weight excluding hydrogens is 234 g/mol. The van der Waals surface area contributed by atoms with E-state index in [0.29, 0.717) is 6.04 Å². The van der Waals surface area contributed by atoms with Crippen LogP contribution in [0.25, 0.3) is 0 Å². The average molecular weight is 269 g/mol. The molecule has 1 aliphatic heterocycles. The molecule has 3 nitrogen and oxygen atoms in total. The van der Waals surface area contributed by atoms with Gasteiger partial charge in [-0.3, -0.25) is 9.80 Å². The zero-order chi connectivity index (χ0) is 14.7. The molecule has 0 saturated carbocycles. The van der Waals surface area contributed by atoms with Crippen LogP contribution in [0.15, 0.2) is 0 Å². The van der Waals surface area contributed by atoms with Gasteiger partial charge >= 0.3 is 0 Å². The minimum Gasteiger partial charge on any atom is -0.310 e. The topological polar surface area (TPSA) is 18.5 Å². The zero-order valence-electron chi connectivity index (χ0n) is 14.2. The van der Waals surface area contributed by atoms with E-state index in [1.165, 1.54) is 32.6 Å². The number of nitrogens with one attached hydrogen (secondary N) is 1. The van der Waals surface area contributed by atoms with E-state index in [1.54, 1.807) is 0 Å². The van der Waals surface area contributed by atoms with Gasteiger partial charge in [0.15, 0.2) is 0 Å². The molecular formula is C16H35N3. The maximum Gasteiger partial charge on any atom is 0.0330 e. The van der Waals surface area contributed by atoms with Gasteiger partial charge in [-0.15, -0.1) is 0 Å². The molecule has 0 bridgehead atoms. The molecule has 1 rings (SSSR count). The van der Waals surface area contributed by atoms with E-state index in [2.05, 4.69) is 63.6 Å². The molecule has 3 heteroatoms. The Kier molecular flexibility index (Phi) is 5.84. The number of hydrogen-bond donors (Lipinski definition) is 1. The fourth-order valence-electron chi connectivity index (χ4n) is 2.85. The summed E-state index contributed by atoms with van der Waals surface area (Å²) in [4.78, 5) is 5.24. The fraction of sp³-hybridized carbons (Fsp3) is 1.00. The van der Waals surface area contributed by atoms with Crippen molar-refractivity contribution in [3.63, 3.8) is 0 Å². The number of nitrogens with zero attached hydrogens (tertiary/aromatic N) is 2. The highest BCUT2D eigenvalue weighted by Gasteiger charge is 2.42. The Bertz CT molecular complexity index is 263. The molecule has 1 saturated heterocycles. The van der Waals surface area contributed by atoms with Crippen LogP contribution in [0.2, 0.25) is 0 Å². The standard InChI is InChI=1S/C16H35N3/c1-8-9-17-15(4,5)16(6,7)19-12-10-18(11-13-19)14(2)3/h14,17H,8-13H2,1-7H3. The van der Waals surface area contributed by atoms with E-state index in [-0.39, 0.29) is 11.1 Å². The van der Waals surface area contributed by atoms with Crippen molar-refractivity contribution in [1.29, 1.82) is 0 Å². The second kappa shape index (κ2) is 6.55. The first kappa shape index (κ1) is 16.9. The van der Waals surface area contributed by atoms with Gasteiger partial charge in [0.1, 0.15) is 0 Å². The van der Waals surface area contributed by atoms with Crippen LogP contribution >= 0.6 is 0 Å². The molecule has 19 heavy (non-hydrogen) atoms. The van der Waals surface area contributed by atoms with Crippen molar-refractivity contribution < 1.29 is 0 Å². The van der Waals surface area contributed by atoms with Gasteiger partial charge in [0.25, 0.3) is 0 Å². The summed E-state index contributed by atoms with van der Waals surface area (Å²) in [5.74, 6) is 0. The van der Waals surface area contributed by atoms with Crippen LogP contribution < -0.4 is 5.32 Å². The lowest BCUT2D eigenvalue weighted by Gasteiger charge is -2.53. The first-order chi connectivity index (χ1) is 8.72. The van der Waals surface area contributed by atoms with E-state index < -0.39 is 0 Å². The van der Waals surface area contributed by atoms with E-state index in [9.17, 15) is 0 Å². The minimum atomic E-state index is 0.142. The molecule has 0 radical (unpaired) electrons. The summed E-state index contributed by atoms with van der Waals surface area (Å²) in [6, 6.07) is 0.677. The van der Waals surface area contributed by atoms with Crippen molar-refractivity contribution in [2.24, 2.45) is 0 Å². The van der Waals surface area contributed by atoms with Crippen molar-refractivity contribution in [1.82, 2.24) is 15.1 Å². The highest BCUT2D eigenvalue weighted by atomic mass is 15.3. The Morgan fingerprint density at radius 1 is 1.00 bits per heavy atom. The van der Waals surface area contributed by atoms with Crippen molar-refractivity contribution >= 4 is 0 Å². The molecule has 0 unspecified atom stereocenters. The van der Waals surface area contributed by atoms with E-state index in [4.69, 9.17) is 0 Å². The molecule has 0 aliphatic carbocycles. The molecule has 114 valence electrons. The smallest absolute Gasteiger partial charge is 0.0330 e. The predicted molar refractivity (Wildman–Crippen MR) is 84.7 cm³/mol. The fourth-order valence-corrected chi connectivity index (χ4v) is 2.85. The molecule has 0 spiro atoms. The van der Waals surface area contributed by atoms with Gasteiger partial charge in [-0.1, -0.05) is 6.92 Å². The summed E-state index contributed by atoms with van der Waals surface area (Å²) in [6.45, 7) is 22.2.